The summed E-state index contributed by atoms with van der Waals surface area (Å²) in [6.45, 7) is 28.8. The molecule has 0 bridgehead atoms. The minimum absolute atomic E-state index is 0.0156. The van der Waals surface area contributed by atoms with Crippen LogP contribution in [0.3, 0.4) is 0 Å². The Morgan fingerprint density at radius 3 is 2.04 bits per heavy atom. The fourth-order valence-corrected chi connectivity index (χ4v) is 13.9. The first kappa shape index (κ1) is 43.8. The van der Waals surface area contributed by atoms with Gasteiger partial charge in [-0.25, -0.2) is 0 Å². The van der Waals surface area contributed by atoms with E-state index >= 15 is 0 Å². The second-order valence-corrected chi connectivity index (χ2v) is 25.4. The minimum Gasteiger partial charge on any atom is -0.454 e. The van der Waals surface area contributed by atoms with Crippen molar-refractivity contribution in [2.24, 2.45) is 5.92 Å². The average Bonchev–Trinajstić information content (AvgIpc) is 3.92. The molecule has 0 N–H and O–H groups in total. The van der Waals surface area contributed by atoms with E-state index in [9.17, 15) is 0 Å². The predicted molar refractivity (Wildman–Crippen MR) is 299 cm³/mol. The molecule has 0 saturated heterocycles. The van der Waals surface area contributed by atoms with Gasteiger partial charge in [-0.3, -0.25) is 0 Å². The summed E-state index contributed by atoms with van der Waals surface area (Å²) in [5.41, 5.74) is 24.5. The summed E-state index contributed by atoms with van der Waals surface area (Å²) < 4.78 is 9.65. The van der Waals surface area contributed by atoms with E-state index in [1.807, 2.05) is 0 Å². The molecular formula is C65H68BN3O. The number of para-hydroxylation sites is 1. The summed E-state index contributed by atoms with van der Waals surface area (Å²) in [5.74, 6) is 0.293. The number of hydrogen-bond donors (Lipinski definition) is 0. The average molecular weight is 918 g/mol. The molecule has 2 aromatic heterocycles. The molecule has 8 aromatic rings. The lowest BCUT2D eigenvalue weighted by atomic mass is 9.32. The fourth-order valence-electron chi connectivity index (χ4n) is 13.9. The highest BCUT2D eigenvalue weighted by Crippen LogP contribution is 2.62. The first-order valence-corrected chi connectivity index (χ1v) is 26.3. The second-order valence-electron chi connectivity index (χ2n) is 25.4. The van der Waals surface area contributed by atoms with Gasteiger partial charge < -0.3 is 18.8 Å². The Balaban J connectivity index is 1.15. The molecule has 1 fully saturated rings. The number of nitrogens with zero attached hydrogens (tertiary/aromatic N) is 3. The molecule has 6 aromatic carbocycles. The van der Waals surface area contributed by atoms with Gasteiger partial charge in [-0.2, -0.15) is 0 Å². The maximum absolute atomic E-state index is 6.99. The molecule has 3 atom stereocenters. The molecule has 5 heteroatoms. The number of anilines is 4. The van der Waals surface area contributed by atoms with Gasteiger partial charge in [0, 0.05) is 50.2 Å². The highest BCUT2D eigenvalue weighted by Gasteiger charge is 2.58. The quantitative estimate of drug-likeness (QED) is 0.165. The normalized spacial score (nSPS) is 21.9. The molecule has 2 aliphatic carbocycles. The largest absolute Gasteiger partial charge is 0.454 e. The van der Waals surface area contributed by atoms with Gasteiger partial charge in [0.05, 0.1) is 16.7 Å². The molecule has 0 amide bonds. The van der Waals surface area contributed by atoms with Crippen LogP contribution in [0.2, 0.25) is 0 Å². The first-order chi connectivity index (χ1) is 33.3. The molecule has 5 aliphatic rings. The van der Waals surface area contributed by atoms with Crippen LogP contribution in [0, 0.1) is 5.92 Å². The Morgan fingerprint density at radius 1 is 0.614 bits per heavy atom. The zero-order valence-electron chi connectivity index (χ0n) is 43.6. The number of aromatic nitrogens is 1. The van der Waals surface area contributed by atoms with E-state index in [-0.39, 0.29) is 33.9 Å². The van der Waals surface area contributed by atoms with E-state index in [0.29, 0.717) is 5.92 Å². The van der Waals surface area contributed by atoms with Crippen molar-refractivity contribution in [2.75, 3.05) is 9.80 Å². The van der Waals surface area contributed by atoms with Crippen LogP contribution in [-0.4, -0.2) is 16.8 Å². The highest BCUT2D eigenvalue weighted by atomic mass is 16.3. The smallest absolute Gasteiger partial charge is 0.251 e. The third-order valence-electron chi connectivity index (χ3n) is 17.9. The maximum atomic E-state index is 6.99. The van der Waals surface area contributed by atoms with Crippen LogP contribution in [-0.2, 0) is 21.7 Å². The van der Waals surface area contributed by atoms with E-state index in [4.69, 9.17) is 4.42 Å². The van der Waals surface area contributed by atoms with Crippen LogP contribution in [0.15, 0.2) is 143 Å². The number of rotatable bonds is 3. The third-order valence-corrected chi connectivity index (χ3v) is 17.9. The van der Waals surface area contributed by atoms with Gasteiger partial charge in [-0.15, -0.1) is 0 Å². The highest BCUT2D eigenvalue weighted by molar-refractivity contribution is 6.95. The fraction of sp³-hybridized carbons (Fsp3) is 0.354. The summed E-state index contributed by atoms with van der Waals surface area (Å²) in [4.78, 5) is 5.51. The second kappa shape index (κ2) is 14.5. The van der Waals surface area contributed by atoms with E-state index in [1.54, 1.807) is 0 Å². The van der Waals surface area contributed by atoms with Gasteiger partial charge in [0.2, 0.25) is 0 Å². The number of benzene rings is 6. The minimum atomic E-state index is -0.0893. The van der Waals surface area contributed by atoms with Crippen molar-refractivity contribution in [3.05, 3.63) is 161 Å². The van der Waals surface area contributed by atoms with Crippen molar-refractivity contribution in [1.29, 1.82) is 0 Å². The van der Waals surface area contributed by atoms with Crippen molar-refractivity contribution in [1.82, 2.24) is 4.57 Å². The summed E-state index contributed by atoms with van der Waals surface area (Å²) in [6, 6.07) is 47.3. The molecule has 1 saturated carbocycles. The van der Waals surface area contributed by atoms with E-state index in [0.717, 1.165) is 24.0 Å². The Labute approximate surface area is 416 Å². The van der Waals surface area contributed by atoms with Gasteiger partial charge in [-0.05, 0) is 141 Å². The van der Waals surface area contributed by atoms with Crippen molar-refractivity contribution < 1.29 is 4.42 Å². The lowest BCUT2D eigenvalue weighted by Gasteiger charge is -2.51. The van der Waals surface area contributed by atoms with Gasteiger partial charge in [-0.1, -0.05) is 168 Å². The first-order valence-electron chi connectivity index (χ1n) is 26.3. The molecule has 13 rings (SSSR count). The zero-order valence-corrected chi connectivity index (χ0v) is 43.6. The van der Waals surface area contributed by atoms with E-state index in [2.05, 4.69) is 225 Å². The molecule has 5 heterocycles. The van der Waals surface area contributed by atoms with Crippen LogP contribution >= 0.6 is 0 Å². The topological polar surface area (TPSA) is 24.6 Å². The molecule has 352 valence electrons. The van der Waals surface area contributed by atoms with Gasteiger partial charge in [0.25, 0.3) is 6.71 Å². The lowest BCUT2D eigenvalue weighted by molar-refractivity contribution is 0.195. The molecule has 0 spiro atoms. The molecule has 70 heavy (non-hydrogen) atoms. The molecule has 4 nitrogen and oxygen atoms in total. The third kappa shape index (κ3) is 5.96. The number of allylic oxidation sites excluding steroid dienone is 3. The summed E-state index contributed by atoms with van der Waals surface area (Å²) in [6.07, 6.45) is 8.42. The van der Waals surface area contributed by atoms with Crippen molar-refractivity contribution in [3.8, 4) is 11.1 Å². The monoisotopic (exact) mass is 918 g/mol. The Morgan fingerprint density at radius 2 is 1.30 bits per heavy atom. The maximum Gasteiger partial charge on any atom is 0.251 e. The van der Waals surface area contributed by atoms with Crippen LogP contribution < -0.4 is 20.7 Å². The van der Waals surface area contributed by atoms with Crippen molar-refractivity contribution in [3.63, 3.8) is 0 Å². The Kier molecular flexibility index (Phi) is 9.05. The van der Waals surface area contributed by atoms with Crippen molar-refractivity contribution >= 4 is 79.1 Å². The Bertz CT molecular complexity index is 3600. The Hall–Kier alpha value is -6.20. The number of fused-ring (bicyclic) bond motifs is 12. The van der Waals surface area contributed by atoms with Crippen LogP contribution in [0.4, 0.5) is 22.7 Å². The van der Waals surface area contributed by atoms with Gasteiger partial charge >= 0.3 is 0 Å². The summed E-state index contributed by atoms with van der Waals surface area (Å²) in [7, 11) is 0. The lowest BCUT2D eigenvalue weighted by Crippen LogP contribution is -2.56. The van der Waals surface area contributed by atoms with E-state index < -0.39 is 0 Å². The summed E-state index contributed by atoms with van der Waals surface area (Å²) in [5, 5.41) is 2.40. The van der Waals surface area contributed by atoms with Crippen molar-refractivity contribution in [2.45, 2.75) is 142 Å². The molecule has 3 unspecified atom stereocenters. The van der Waals surface area contributed by atoms with Gasteiger partial charge in [0.1, 0.15) is 11.1 Å². The predicted octanol–water partition coefficient (Wildman–Crippen LogP) is 16.3. The van der Waals surface area contributed by atoms with Crippen LogP contribution in [0.1, 0.15) is 137 Å². The number of furan rings is 1. The zero-order chi connectivity index (χ0) is 48.6. The van der Waals surface area contributed by atoms with Crippen LogP contribution in [0.25, 0.3) is 49.8 Å². The standard InChI is InChI=1S/C65H68BN3O/c1-39-32-54-57-55(33-39)68-58-47(60-59(68)45-22-16-17-23-56(45)70-60)35-43(63(8,9)10)37-50(58)66(57)49-27-26-44(69-52-29-25-42(62(5,6)7)36-48(52)64(11)30-18-19-31-65(64,69)12)38-53(49)67(54)51-28-24-41(61(2,3)4)34-46(51)40-20-14-13-15-21-40/h13-17,20-29,32,34-39H,18-19,30-31,33H2,1-12H3. The van der Waals surface area contributed by atoms with Gasteiger partial charge in [0.15, 0.2) is 5.58 Å². The molecule has 0 radical (unpaired) electrons. The van der Waals surface area contributed by atoms with E-state index in [1.165, 1.54) is 125 Å². The van der Waals surface area contributed by atoms with Crippen LogP contribution in [0.5, 0.6) is 0 Å². The SMILES string of the molecule is CC1C=C2C3=C(C1)n1c4c(cc(C(C)(C)C)cc4c4oc5ccccc5c41)B3c1ccc(N3c4ccc(C(C)(C)C)cc4C4(C)CCCCC34C)cc1N2c1ccc(C(C)(C)C)cc1-c1ccccc1. The number of hydrogen-bond acceptors (Lipinski definition) is 3. The molecular weight excluding hydrogens is 850 g/mol. The molecule has 3 aliphatic heterocycles. The summed E-state index contributed by atoms with van der Waals surface area (Å²) >= 11 is 0.